The third-order valence-electron chi connectivity index (χ3n) is 14.6. The first kappa shape index (κ1) is 116. The van der Waals surface area contributed by atoms with E-state index in [1.165, 1.54) is 79.2 Å². The number of hydrogen-bond acceptors (Lipinski definition) is 5. The molecule has 0 saturated carbocycles. The van der Waals surface area contributed by atoms with Gasteiger partial charge in [0.25, 0.3) is 0 Å². The minimum atomic E-state index is 0.00163. The van der Waals surface area contributed by atoms with Gasteiger partial charge >= 0.3 is 0 Å². The molecule has 0 saturated heterocycles. The lowest BCUT2D eigenvalue weighted by molar-refractivity contribution is -0.00421. The largest absolute Gasteiger partial charge is 0.381 e. The molecule has 0 aromatic rings. The summed E-state index contributed by atoms with van der Waals surface area (Å²) in [5.41, 5.74) is 14.3. The van der Waals surface area contributed by atoms with Crippen molar-refractivity contribution in [3.63, 3.8) is 0 Å². The molecule has 0 N–H and O–H groups in total. The van der Waals surface area contributed by atoms with E-state index in [1.807, 2.05) is 0 Å². The molecule has 0 bridgehead atoms. The van der Waals surface area contributed by atoms with Gasteiger partial charge in [-0.1, -0.05) is 344 Å². The Kier molecular flexibility index (Phi) is 60.5. The van der Waals surface area contributed by atoms with Crippen molar-refractivity contribution in [1.29, 1.82) is 0 Å². The van der Waals surface area contributed by atoms with Gasteiger partial charge in [-0.05, 0) is 238 Å². The Hall–Kier alpha value is -2.02. The minimum absolute atomic E-state index is 0.00163. The number of allylic oxidation sites excluding steroid dienone is 11. The highest BCUT2D eigenvalue weighted by Crippen LogP contribution is 2.29. The van der Waals surface area contributed by atoms with Gasteiger partial charge in [0, 0.05) is 26.4 Å². The van der Waals surface area contributed by atoms with E-state index in [-0.39, 0.29) is 32.9 Å². The van der Waals surface area contributed by atoms with Crippen molar-refractivity contribution < 1.29 is 23.7 Å². The Morgan fingerprint density at radius 1 is 0.200 bits per heavy atom. The predicted molar refractivity (Wildman–Crippen MR) is 483 cm³/mol. The zero-order chi connectivity index (χ0) is 84.8. The van der Waals surface area contributed by atoms with Crippen LogP contribution in [0.15, 0.2) is 81.5 Å². The van der Waals surface area contributed by atoms with E-state index in [4.69, 9.17) is 23.7 Å². The Labute approximate surface area is 666 Å². The van der Waals surface area contributed by atoms with Crippen molar-refractivity contribution in [3.8, 4) is 0 Å². The molecule has 0 fully saturated rings. The van der Waals surface area contributed by atoms with Gasteiger partial charge in [-0.25, -0.2) is 0 Å². The van der Waals surface area contributed by atoms with Crippen LogP contribution in [0.1, 0.15) is 436 Å². The van der Waals surface area contributed by atoms with Crippen LogP contribution in [0.2, 0.25) is 0 Å². The van der Waals surface area contributed by atoms with E-state index in [0.717, 1.165) is 97.8 Å². The van der Waals surface area contributed by atoms with Gasteiger partial charge in [0.2, 0.25) is 0 Å². The fourth-order valence-corrected chi connectivity index (χ4v) is 11.0. The second-order valence-corrected chi connectivity index (χ2v) is 47.3. The first-order valence-corrected chi connectivity index (χ1v) is 42.0. The molecule has 0 rings (SSSR count). The molecule has 0 aliphatic heterocycles. The number of ether oxygens (including phenoxy) is 5. The number of unbranched alkanes of at least 4 members (excludes halogenated alkanes) is 2. The molecule has 5 heteroatoms. The molecule has 0 heterocycles. The van der Waals surface area contributed by atoms with Crippen molar-refractivity contribution >= 4 is 0 Å². The molecule has 0 spiro atoms. The second kappa shape index (κ2) is 54.6. The minimum Gasteiger partial charge on any atom is -0.381 e. The maximum absolute atomic E-state index is 5.68. The Morgan fingerprint density at radius 3 is 0.610 bits per heavy atom. The fourth-order valence-electron chi connectivity index (χ4n) is 11.0. The lowest BCUT2D eigenvalue weighted by Crippen LogP contribution is -2.19. The van der Waals surface area contributed by atoms with Crippen LogP contribution in [0.3, 0.4) is 0 Å². The molecular formula is C100H200O5. The molecule has 5 nitrogen and oxygen atoms in total. The Bertz CT molecular complexity index is 1870. The van der Waals surface area contributed by atoms with E-state index < -0.39 is 0 Å². The van der Waals surface area contributed by atoms with Gasteiger partial charge in [-0.15, -0.1) is 0 Å². The second-order valence-electron chi connectivity index (χ2n) is 47.3. The van der Waals surface area contributed by atoms with Gasteiger partial charge in [0.15, 0.2) is 0 Å². The average Bonchev–Trinajstić information content (AvgIpc) is 0.964. The summed E-state index contributed by atoms with van der Waals surface area (Å²) in [4.78, 5) is 0. The smallest absolute Gasteiger partial charge is 0.0674 e. The van der Waals surface area contributed by atoms with Gasteiger partial charge < -0.3 is 23.7 Å². The predicted octanol–water partition coefficient (Wildman–Crippen LogP) is 33.6. The van der Waals surface area contributed by atoms with Gasteiger partial charge in [-0.3, -0.25) is 0 Å². The summed E-state index contributed by atoms with van der Waals surface area (Å²) >= 11 is 0. The van der Waals surface area contributed by atoms with Crippen molar-refractivity contribution in [3.05, 3.63) is 81.5 Å². The molecule has 630 valence electrons. The Morgan fingerprint density at radius 2 is 0.410 bits per heavy atom. The summed E-state index contributed by atoms with van der Waals surface area (Å²) < 4.78 is 28.3. The van der Waals surface area contributed by atoms with Gasteiger partial charge in [0.1, 0.15) is 0 Å². The topological polar surface area (TPSA) is 46.2 Å². The van der Waals surface area contributed by atoms with Crippen LogP contribution in [0, 0.1) is 65.0 Å². The van der Waals surface area contributed by atoms with Crippen LogP contribution in [0.4, 0.5) is 0 Å². The first-order chi connectivity index (χ1) is 46.2. The number of hydrogen-bond donors (Lipinski definition) is 0. The maximum Gasteiger partial charge on any atom is 0.0674 e. The van der Waals surface area contributed by atoms with Crippen molar-refractivity contribution in [2.45, 2.75) is 447 Å². The number of rotatable bonds is 28. The lowest BCUT2D eigenvalue weighted by Gasteiger charge is -2.19. The van der Waals surface area contributed by atoms with Crippen LogP contribution in [0.25, 0.3) is 0 Å². The van der Waals surface area contributed by atoms with E-state index in [9.17, 15) is 0 Å². The lowest BCUT2D eigenvalue weighted by atomic mass is 9.88. The highest BCUT2D eigenvalue weighted by atomic mass is 16.5. The van der Waals surface area contributed by atoms with Crippen LogP contribution in [-0.2, 0) is 23.7 Å². The third kappa shape index (κ3) is 129. The molecule has 0 aromatic carbocycles. The van der Waals surface area contributed by atoms with E-state index in [0.29, 0.717) is 43.3 Å². The Balaban J connectivity index is -0.000000213. The van der Waals surface area contributed by atoms with Crippen molar-refractivity contribution in [1.82, 2.24) is 0 Å². The molecule has 0 amide bonds. The van der Waals surface area contributed by atoms with E-state index in [1.54, 1.807) is 11.1 Å². The van der Waals surface area contributed by atoms with Crippen LogP contribution in [0.5, 0.6) is 0 Å². The summed E-state index contributed by atoms with van der Waals surface area (Å²) in [6.07, 6.45) is 34.9. The third-order valence-corrected chi connectivity index (χ3v) is 14.6. The standard InChI is InChI=1S/2C15H30.5C14H28O/c2*1-13(12-15(5,6)7)10-8-9-11-14(2,3)4;2*1-12(10-14(5,6)7)11-15-9-8-13(2,3)4;1-12(10-13(2,3)4)8-9-15-11-14(5,6)7;2*1-12(11-13(2,3)4)9-8-10-15-14(5,6)7/h2*12H,8-11H2,1-7H3;3*10H,8-9,11H2,1-7H3;2*11H,8-10H2,1-7H3/b2*13-12-;3*12-10-;2*12-11-. The zero-order valence-corrected chi connectivity index (χ0v) is 81.8. The van der Waals surface area contributed by atoms with Crippen molar-refractivity contribution in [2.75, 3.05) is 52.9 Å². The molecule has 0 aliphatic carbocycles. The maximum atomic E-state index is 5.68. The molecule has 0 radical (unpaired) electrons. The van der Waals surface area contributed by atoms with Gasteiger partial charge in [0.05, 0.1) is 37.6 Å². The molecular weight excluding hydrogens is 1280 g/mol. The van der Waals surface area contributed by atoms with Crippen LogP contribution in [-0.4, -0.2) is 64.1 Å². The van der Waals surface area contributed by atoms with Crippen LogP contribution >= 0.6 is 0 Å². The van der Waals surface area contributed by atoms with E-state index in [2.05, 4.69) is 382 Å². The first-order valence-electron chi connectivity index (χ1n) is 42.0. The highest BCUT2D eigenvalue weighted by Gasteiger charge is 2.17. The monoisotopic (exact) mass is 1480 g/mol. The fraction of sp³-hybridized carbons (Fsp3) is 0.860. The molecule has 105 heavy (non-hydrogen) atoms. The normalized spacial score (nSPS) is 14.5. The van der Waals surface area contributed by atoms with E-state index >= 15 is 0 Å². The van der Waals surface area contributed by atoms with Crippen LogP contribution < -0.4 is 0 Å². The molecule has 0 atom stereocenters. The SMILES string of the molecule is C/C(=C/C(C)(C)C)CCCCC(C)(C)C.C/C(=C/C(C)(C)C)CCCCC(C)(C)C.C/C(=C/C(C)(C)C)CCCOC(C)(C)C.C/C(=C/C(C)(C)C)CCCOC(C)(C)C.C/C(=C/C(C)(C)C)CCOCC(C)(C)C.C/C(=C/C(C)(C)C)COCCC(C)(C)C.C/C(=C/C(C)(C)C)COCCC(C)(C)C. The quantitative estimate of drug-likeness (QED) is 0.0577. The molecule has 0 aliphatic rings. The average molecular weight is 1480 g/mol. The summed E-state index contributed by atoms with van der Waals surface area (Å²) in [5.74, 6) is 0. The summed E-state index contributed by atoms with van der Waals surface area (Å²) in [5, 5.41) is 0. The molecule has 0 unspecified atom stereocenters. The summed E-state index contributed by atoms with van der Waals surface area (Å²) in [6, 6.07) is 0. The summed E-state index contributed by atoms with van der Waals surface area (Å²) in [6.45, 7) is 116. The molecule has 0 aromatic heterocycles. The van der Waals surface area contributed by atoms with Gasteiger partial charge in [-0.2, -0.15) is 0 Å². The zero-order valence-electron chi connectivity index (χ0n) is 81.8. The van der Waals surface area contributed by atoms with Crippen molar-refractivity contribution in [2.24, 2.45) is 65.0 Å². The highest BCUT2D eigenvalue weighted by molar-refractivity contribution is 5.08. The summed E-state index contributed by atoms with van der Waals surface area (Å²) in [7, 11) is 0.